The predicted molar refractivity (Wildman–Crippen MR) is 131 cm³/mol. The summed E-state index contributed by atoms with van der Waals surface area (Å²) in [6.45, 7) is 9.13. The van der Waals surface area contributed by atoms with Crippen LogP contribution in [-0.2, 0) is 24.4 Å². The van der Waals surface area contributed by atoms with Gasteiger partial charge in [-0.25, -0.2) is 0 Å². The number of amides is 1. The number of nitrogens with one attached hydrogen (secondary N) is 1. The number of carbonyl (C=O) groups excluding carboxylic acids is 1. The second-order valence-electron chi connectivity index (χ2n) is 9.72. The summed E-state index contributed by atoms with van der Waals surface area (Å²) in [4.78, 5) is 17.8. The van der Waals surface area contributed by atoms with Crippen LogP contribution in [0.4, 0.5) is 0 Å². The molecule has 2 aromatic carbocycles. The molecule has 2 unspecified atom stereocenters. The highest BCUT2D eigenvalue weighted by atomic mass is 35.5. The fourth-order valence-electron chi connectivity index (χ4n) is 5.05. The van der Waals surface area contributed by atoms with Crippen molar-refractivity contribution in [1.82, 2.24) is 15.1 Å². The second kappa shape index (κ2) is 11.3. The van der Waals surface area contributed by atoms with Crippen molar-refractivity contribution in [1.29, 1.82) is 0 Å². The number of carbonyl (C=O) groups is 1. The smallest absolute Gasteiger partial charge is 0.224 e. The Kier molecular flexibility index (Phi) is 8.23. The summed E-state index contributed by atoms with van der Waals surface area (Å²) < 4.78 is 0. The van der Waals surface area contributed by atoms with Crippen molar-refractivity contribution in [2.45, 2.75) is 52.2 Å². The van der Waals surface area contributed by atoms with E-state index in [-0.39, 0.29) is 11.8 Å². The minimum atomic E-state index is 0.0661. The van der Waals surface area contributed by atoms with Crippen molar-refractivity contribution in [3.05, 3.63) is 70.2 Å². The van der Waals surface area contributed by atoms with Gasteiger partial charge in [-0.1, -0.05) is 54.9 Å². The summed E-state index contributed by atoms with van der Waals surface area (Å²) in [5.41, 5.74) is 3.77. The highest BCUT2D eigenvalue weighted by Gasteiger charge is 2.25. The predicted octanol–water partition coefficient (Wildman–Crippen LogP) is 5.10. The van der Waals surface area contributed by atoms with E-state index in [1.807, 2.05) is 12.1 Å². The van der Waals surface area contributed by atoms with Gasteiger partial charge in [0.1, 0.15) is 0 Å². The normalized spacial score (nSPS) is 22.6. The van der Waals surface area contributed by atoms with Crippen molar-refractivity contribution in [2.24, 2.45) is 11.8 Å². The van der Waals surface area contributed by atoms with Gasteiger partial charge in [0.25, 0.3) is 0 Å². The monoisotopic (exact) mass is 453 g/mol. The Morgan fingerprint density at radius 1 is 0.875 bits per heavy atom. The van der Waals surface area contributed by atoms with Crippen LogP contribution in [0.3, 0.4) is 0 Å². The fourth-order valence-corrected chi connectivity index (χ4v) is 5.17. The molecule has 1 N–H and O–H groups in total. The van der Waals surface area contributed by atoms with Crippen LogP contribution in [0, 0.1) is 11.8 Å². The Hall–Kier alpha value is -1.88. The molecule has 2 fully saturated rings. The molecule has 0 aromatic heterocycles. The minimum absolute atomic E-state index is 0.0661. The zero-order valence-electron chi connectivity index (χ0n) is 19.2. The Morgan fingerprint density at radius 2 is 1.44 bits per heavy atom. The average Bonchev–Trinajstić information content (AvgIpc) is 2.80. The molecule has 2 aromatic rings. The van der Waals surface area contributed by atoms with Gasteiger partial charge < -0.3 is 5.32 Å². The summed E-state index contributed by atoms with van der Waals surface area (Å²) in [6.07, 6.45) is 4.70. The minimum Gasteiger partial charge on any atom is -0.352 e. The quantitative estimate of drug-likeness (QED) is 0.633. The maximum atomic E-state index is 12.8. The summed E-state index contributed by atoms with van der Waals surface area (Å²) in [6, 6.07) is 16.8. The number of hydrogen-bond acceptors (Lipinski definition) is 3. The van der Waals surface area contributed by atoms with Gasteiger partial charge in [-0.05, 0) is 73.5 Å². The molecule has 172 valence electrons. The van der Waals surface area contributed by atoms with Crippen LogP contribution >= 0.6 is 11.6 Å². The third-order valence-electron chi connectivity index (χ3n) is 6.83. The maximum absolute atomic E-state index is 12.8. The first-order valence-corrected chi connectivity index (χ1v) is 12.5. The van der Waals surface area contributed by atoms with E-state index in [0.717, 1.165) is 50.0 Å². The molecule has 2 aliphatic heterocycles. The van der Waals surface area contributed by atoms with E-state index in [4.69, 9.17) is 11.6 Å². The van der Waals surface area contributed by atoms with E-state index in [9.17, 15) is 4.79 Å². The van der Waals surface area contributed by atoms with Gasteiger partial charge in [0, 0.05) is 37.7 Å². The molecular weight excluding hydrogens is 418 g/mol. The molecule has 0 spiro atoms. The van der Waals surface area contributed by atoms with E-state index >= 15 is 0 Å². The molecule has 2 atom stereocenters. The van der Waals surface area contributed by atoms with Gasteiger partial charge in [0.15, 0.2) is 0 Å². The van der Waals surface area contributed by atoms with Crippen molar-refractivity contribution in [3.8, 4) is 0 Å². The topological polar surface area (TPSA) is 35.6 Å². The van der Waals surface area contributed by atoms with Crippen LogP contribution in [0.15, 0.2) is 48.5 Å². The van der Waals surface area contributed by atoms with Crippen LogP contribution in [0.25, 0.3) is 0 Å². The van der Waals surface area contributed by atoms with E-state index in [2.05, 4.69) is 58.4 Å². The fraction of sp³-hybridized carbons (Fsp3) is 0.519. The number of likely N-dealkylation sites (tertiary alicyclic amines) is 2. The molecule has 32 heavy (non-hydrogen) atoms. The van der Waals surface area contributed by atoms with Gasteiger partial charge in [0.2, 0.25) is 5.91 Å². The number of hydrogen-bond donors (Lipinski definition) is 1. The molecule has 1 amide bonds. The first-order chi connectivity index (χ1) is 15.5. The van der Waals surface area contributed by atoms with Gasteiger partial charge in [-0.15, -0.1) is 0 Å². The number of benzene rings is 2. The highest BCUT2D eigenvalue weighted by molar-refractivity contribution is 6.30. The molecule has 4 nitrogen and oxygen atoms in total. The van der Waals surface area contributed by atoms with E-state index in [1.54, 1.807) is 0 Å². The van der Waals surface area contributed by atoms with Crippen molar-refractivity contribution in [3.63, 3.8) is 0 Å². The highest BCUT2D eigenvalue weighted by Crippen LogP contribution is 2.21. The third kappa shape index (κ3) is 6.81. The first-order valence-electron chi connectivity index (χ1n) is 12.1. The standard InChI is InChI=1S/C27H36ClN3O/c1-21-4-2-14-30(17-21)18-23-8-6-22(7-9-23)16-29-27(32)25-5-3-15-31(20-25)19-24-10-12-26(28)13-11-24/h6-13,21,25H,2-5,14-20H2,1H3,(H,29,32). The van der Waals surface area contributed by atoms with Gasteiger partial charge in [-0.3, -0.25) is 14.6 Å². The maximum Gasteiger partial charge on any atom is 0.224 e. The van der Waals surface area contributed by atoms with Gasteiger partial charge in [0.05, 0.1) is 5.92 Å². The van der Waals surface area contributed by atoms with Crippen molar-refractivity contribution >= 4 is 17.5 Å². The number of nitrogens with zero attached hydrogens (tertiary/aromatic N) is 2. The molecule has 2 saturated heterocycles. The van der Waals surface area contributed by atoms with E-state index in [0.29, 0.717) is 6.54 Å². The molecular formula is C27H36ClN3O. The molecule has 5 heteroatoms. The Morgan fingerprint density at radius 3 is 2.09 bits per heavy atom. The molecule has 0 bridgehead atoms. The summed E-state index contributed by atoms with van der Waals surface area (Å²) >= 11 is 5.99. The van der Waals surface area contributed by atoms with Crippen LogP contribution < -0.4 is 5.32 Å². The van der Waals surface area contributed by atoms with E-state index < -0.39 is 0 Å². The second-order valence-corrected chi connectivity index (χ2v) is 10.2. The Balaban J connectivity index is 1.22. The number of halogens is 1. The molecule has 4 rings (SSSR count). The molecule has 2 aliphatic rings. The third-order valence-corrected chi connectivity index (χ3v) is 7.08. The largest absolute Gasteiger partial charge is 0.352 e. The zero-order valence-corrected chi connectivity index (χ0v) is 20.0. The number of piperidine rings is 2. The SMILES string of the molecule is CC1CCCN(Cc2ccc(CNC(=O)C3CCCN(Cc4ccc(Cl)cc4)C3)cc2)C1. The molecule has 0 radical (unpaired) electrons. The van der Waals surface area contributed by atoms with Crippen LogP contribution in [0.5, 0.6) is 0 Å². The Bertz CT molecular complexity index is 867. The molecule has 0 aliphatic carbocycles. The summed E-state index contributed by atoms with van der Waals surface area (Å²) in [5.74, 6) is 1.05. The summed E-state index contributed by atoms with van der Waals surface area (Å²) in [7, 11) is 0. The van der Waals surface area contributed by atoms with E-state index in [1.165, 1.54) is 42.6 Å². The lowest BCUT2D eigenvalue weighted by atomic mass is 9.96. The lowest BCUT2D eigenvalue weighted by Gasteiger charge is -2.32. The molecule has 0 saturated carbocycles. The molecule has 2 heterocycles. The van der Waals surface area contributed by atoms with Gasteiger partial charge >= 0.3 is 0 Å². The van der Waals surface area contributed by atoms with Crippen LogP contribution in [0.1, 0.15) is 49.3 Å². The lowest BCUT2D eigenvalue weighted by Crippen LogP contribution is -2.42. The first kappa shape index (κ1) is 23.3. The van der Waals surface area contributed by atoms with Gasteiger partial charge in [-0.2, -0.15) is 0 Å². The van der Waals surface area contributed by atoms with Crippen molar-refractivity contribution < 1.29 is 4.79 Å². The zero-order chi connectivity index (χ0) is 22.3. The number of rotatable bonds is 7. The van der Waals surface area contributed by atoms with Crippen LogP contribution in [0.2, 0.25) is 5.02 Å². The average molecular weight is 454 g/mol. The summed E-state index contributed by atoms with van der Waals surface area (Å²) in [5, 5.41) is 3.94. The van der Waals surface area contributed by atoms with Crippen LogP contribution in [-0.4, -0.2) is 41.9 Å². The lowest BCUT2D eigenvalue weighted by molar-refractivity contribution is -0.126. The van der Waals surface area contributed by atoms with Crippen molar-refractivity contribution in [2.75, 3.05) is 26.2 Å². The Labute approximate surface area is 197 Å².